The van der Waals surface area contributed by atoms with Crippen LogP contribution in [0.4, 0.5) is 27.3 Å². The maximum atomic E-state index is 14.7. The molecule has 0 spiro atoms. The minimum atomic E-state index is -0.526. The fourth-order valence-corrected chi connectivity index (χ4v) is 4.04. The fourth-order valence-electron chi connectivity index (χ4n) is 4.04. The van der Waals surface area contributed by atoms with Crippen LogP contribution >= 0.6 is 0 Å². The minimum Gasteiger partial charge on any atom is -0.345 e. The Morgan fingerprint density at radius 1 is 1.14 bits per heavy atom. The summed E-state index contributed by atoms with van der Waals surface area (Å²) in [7, 11) is 4.67. The molecule has 7 nitrogen and oxygen atoms in total. The number of benzene rings is 2. The average Bonchev–Trinajstić information content (AvgIpc) is 2.82. The highest BCUT2D eigenvalue weighted by Crippen LogP contribution is 2.36. The Morgan fingerprint density at radius 2 is 1.86 bits per heavy atom. The molecule has 0 aliphatic carbocycles. The first-order chi connectivity index (χ1) is 16.6. The van der Waals surface area contributed by atoms with Crippen LogP contribution in [0.5, 0.6) is 0 Å². The molecule has 0 radical (unpaired) electrons. The van der Waals surface area contributed by atoms with E-state index in [0.717, 1.165) is 24.0 Å². The van der Waals surface area contributed by atoms with E-state index in [2.05, 4.69) is 12.2 Å². The van der Waals surface area contributed by atoms with Gasteiger partial charge >= 0.3 is 0 Å². The predicted molar refractivity (Wildman–Crippen MR) is 137 cm³/mol. The van der Waals surface area contributed by atoms with Crippen LogP contribution in [-0.4, -0.2) is 35.9 Å². The van der Waals surface area contributed by atoms with Crippen molar-refractivity contribution in [2.45, 2.75) is 33.6 Å². The van der Waals surface area contributed by atoms with Gasteiger partial charge in [-0.2, -0.15) is 0 Å². The second-order valence-corrected chi connectivity index (χ2v) is 8.76. The van der Waals surface area contributed by atoms with E-state index in [-0.39, 0.29) is 28.3 Å². The van der Waals surface area contributed by atoms with Gasteiger partial charge in [-0.3, -0.25) is 23.9 Å². The molecule has 1 heterocycles. The van der Waals surface area contributed by atoms with Gasteiger partial charge in [0, 0.05) is 32.4 Å². The number of aromatic nitrogens is 1. The number of aryl methyl sites for hydroxylation is 2. The summed E-state index contributed by atoms with van der Waals surface area (Å²) < 4.78 is 16.0. The lowest BCUT2D eigenvalue weighted by Gasteiger charge is -2.28. The normalized spacial score (nSPS) is 10.7. The van der Waals surface area contributed by atoms with E-state index >= 15 is 0 Å². The Morgan fingerprint density at radius 3 is 2.46 bits per heavy atom. The van der Waals surface area contributed by atoms with Crippen molar-refractivity contribution in [3.8, 4) is 0 Å². The number of carbonyl (C=O) groups is 2. The Hall–Kier alpha value is -3.94. The van der Waals surface area contributed by atoms with Gasteiger partial charge in [-0.25, -0.2) is 4.39 Å². The summed E-state index contributed by atoms with van der Waals surface area (Å²) in [6.07, 6.45) is 2.34. The number of halogens is 1. The van der Waals surface area contributed by atoms with Crippen molar-refractivity contribution in [1.82, 2.24) is 9.47 Å². The Balaban J connectivity index is 2.35. The zero-order valence-electron chi connectivity index (χ0n) is 21.0. The van der Waals surface area contributed by atoms with E-state index < -0.39 is 17.3 Å². The second-order valence-electron chi connectivity index (χ2n) is 8.76. The molecule has 8 heteroatoms. The molecule has 0 saturated carbocycles. The molecule has 1 aromatic heterocycles. The molecule has 0 aliphatic heterocycles. The van der Waals surface area contributed by atoms with Crippen molar-refractivity contribution in [2.75, 3.05) is 24.3 Å². The number of anilines is 4. The maximum absolute atomic E-state index is 14.7. The lowest BCUT2D eigenvalue weighted by Crippen LogP contribution is -2.33. The first kappa shape index (κ1) is 25.7. The van der Waals surface area contributed by atoms with E-state index in [4.69, 9.17) is 0 Å². The van der Waals surface area contributed by atoms with Crippen molar-refractivity contribution in [3.63, 3.8) is 0 Å². The topological polar surface area (TPSA) is 74.7 Å². The molecule has 0 bridgehead atoms. The Bertz CT molecular complexity index is 1330. The van der Waals surface area contributed by atoms with E-state index in [0.29, 0.717) is 12.1 Å². The molecule has 0 unspecified atom stereocenters. The molecule has 35 heavy (non-hydrogen) atoms. The molecule has 3 aromatic rings. The van der Waals surface area contributed by atoms with Crippen molar-refractivity contribution in [1.29, 1.82) is 0 Å². The van der Waals surface area contributed by atoms with Gasteiger partial charge in [-0.05, 0) is 55.7 Å². The number of amides is 2. The third-order valence-electron chi connectivity index (χ3n) is 5.86. The molecule has 1 N–H and O–H groups in total. The van der Waals surface area contributed by atoms with Crippen LogP contribution < -0.4 is 15.8 Å². The van der Waals surface area contributed by atoms with E-state index in [1.54, 1.807) is 46.1 Å². The summed E-state index contributed by atoms with van der Waals surface area (Å²) in [4.78, 5) is 41.9. The highest BCUT2D eigenvalue weighted by molar-refractivity contribution is 6.08. The summed E-state index contributed by atoms with van der Waals surface area (Å²) in [5.41, 5.74) is 2.45. The van der Waals surface area contributed by atoms with Crippen LogP contribution in [0, 0.1) is 19.7 Å². The molecule has 184 valence electrons. The van der Waals surface area contributed by atoms with Crippen LogP contribution in [0.1, 0.15) is 40.4 Å². The van der Waals surface area contributed by atoms with Crippen molar-refractivity contribution < 1.29 is 14.0 Å². The van der Waals surface area contributed by atoms with Crippen molar-refractivity contribution in [2.24, 2.45) is 7.05 Å². The molecule has 0 fully saturated rings. The summed E-state index contributed by atoms with van der Waals surface area (Å²) in [6.45, 7) is 5.40. The number of pyridine rings is 1. The van der Waals surface area contributed by atoms with Gasteiger partial charge < -0.3 is 10.2 Å². The third-order valence-corrected chi connectivity index (χ3v) is 5.86. The van der Waals surface area contributed by atoms with E-state index in [9.17, 15) is 18.8 Å². The minimum absolute atomic E-state index is 0.0857. The molecule has 3 rings (SSSR count). The smallest absolute Gasteiger partial charge is 0.259 e. The van der Waals surface area contributed by atoms with Crippen molar-refractivity contribution >= 4 is 35.2 Å². The van der Waals surface area contributed by atoms with Gasteiger partial charge in [0.1, 0.15) is 17.2 Å². The number of carbonyl (C=O) groups excluding carboxylic acids is 2. The van der Waals surface area contributed by atoms with Crippen LogP contribution in [0.3, 0.4) is 0 Å². The molecule has 2 aromatic carbocycles. The zero-order chi connectivity index (χ0) is 25.9. The highest BCUT2D eigenvalue weighted by atomic mass is 19.1. The van der Waals surface area contributed by atoms with Gasteiger partial charge in [-0.15, -0.1) is 0 Å². The quantitative estimate of drug-likeness (QED) is 0.471. The summed E-state index contributed by atoms with van der Waals surface area (Å²) in [6, 6.07) is 12.0. The first-order valence-corrected chi connectivity index (χ1v) is 11.4. The molecule has 0 saturated heterocycles. The summed E-state index contributed by atoms with van der Waals surface area (Å²) in [5, 5.41) is 2.94. The number of nitrogens with zero attached hydrogens (tertiary/aromatic N) is 3. The monoisotopic (exact) mass is 478 g/mol. The van der Waals surface area contributed by atoms with Crippen LogP contribution in [0.15, 0.2) is 47.3 Å². The lowest BCUT2D eigenvalue weighted by molar-refractivity contribution is -0.106. The van der Waals surface area contributed by atoms with Crippen molar-refractivity contribution in [3.05, 3.63) is 80.9 Å². The Kier molecular flexibility index (Phi) is 7.74. The number of hydrogen-bond acceptors (Lipinski definition) is 4. The Labute approximate surface area is 204 Å². The van der Waals surface area contributed by atoms with Gasteiger partial charge in [0.2, 0.25) is 6.41 Å². The molecule has 0 aliphatic rings. The van der Waals surface area contributed by atoms with Crippen LogP contribution in [-0.2, 0) is 18.3 Å². The molecule has 0 atom stereocenters. The largest absolute Gasteiger partial charge is 0.345 e. The fraction of sp³-hybridized carbons (Fsp3) is 0.296. The maximum Gasteiger partial charge on any atom is 0.259 e. The second kappa shape index (κ2) is 10.5. The molecular weight excluding hydrogens is 447 g/mol. The number of hydrogen-bond donors (Lipinski definition) is 1. The van der Waals surface area contributed by atoms with Gasteiger partial charge in [0.15, 0.2) is 0 Å². The molecular formula is C27H31FN4O3. The third kappa shape index (κ3) is 5.11. The highest BCUT2D eigenvalue weighted by Gasteiger charge is 2.29. The van der Waals surface area contributed by atoms with Crippen LogP contribution in [0.2, 0.25) is 0 Å². The van der Waals surface area contributed by atoms with E-state index in [1.807, 2.05) is 18.2 Å². The van der Waals surface area contributed by atoms with E-state index in [1.165, 1.54) is 27.5 Å². The van der Waals surface area contributed by atoms with Gasteiger partial charge in [0.05, 0.1) is 11.4 Å². The number of rotatable bonds is 8. The zero-order valence-corrected chi connectivity index (χ0v) is 21.0. The summed E-state index contributed by atoms with van der Waals surface area (Å²) in [5.74, 6) is -0.874. The lowest BCUT2D eigenvalue weighted by atomic mass is 10.0. The molecule has 2 amide bonds. The number of nitrogens with one attached hydrogen (secondary N) is 1. The SMILES string of the molecule is CCCc1cccc(N(C=O)c2c(C(=O)N(C)C)c(Nc3ccc(C)cc3F)n(C)c(=O)c2C)c1. The average molecular weight is 479 g/mol. The first-order valence-electron chi connectivity index (χ1n) is 11.4. The predicted octanol–water partition coefficient (Wildman–Crippen LogP) is 4.83. The summed E-state index contributed by atoms with van der Waals surface area (Å²) >= 11 is 0. The van der Waals surface area contributed by atoms with Crippen LogP contribution in [0.25, 0.3) is 0 Å². The standard InChI is InChI=1S/C27H31FN4O3/c1-7-9-19-10-8-11-20(15-19)32(16-33)24-18(3)26(34)31(6)25(23(24)27(35)30(4)5)29-22-13-12-17(2)14-21(22)28/h8,10-16,29H,7,9H2,1-6H3. The van der Waals surface area contributed by atoms with Gasteiger partial charge in [0.25, 0.3) is 11.5 Å². The van der Waals surface area contributed by atoms with Gasteiger partial charge in [-0.1, -0.05) is 31.5 Å².